The van der Waals surface area contributed by atoms with Crippen molar-refractivity contribution in [1.82, 2.24) is 0 Å². The molecule has 5 heteroatoms. The maximum absolute atomic E-state index is 6.15. The number of ether oxygens (including phenoxy) is 2. The first-order valence-electron chi connectivity index (χ1n) is 8.09. The molecule has 2 aliphatic carbocycles. The number of nitrogens with two attached hydrogens (primary N) is 1. The van der Waals surface area contributed by atoms with Crippen LogP contribution in [0.4, 0.5) is 5.69 Å². The van der Waals surface area contributed by atoms with Crippen molar-refractivity contribution in [3.63, 3.8) is 0 Å². The van der Waals surface area contributed by atoms with Gasteiger partial charge in [0, 0.05) is 29.7 Å². The van der Waals surface area contributed by atoms with Crippen LogP contribution in [0.2, 0.25) is 0 Å². The fraction of sp³-hybridized carbons (Fsp3) is 0.588. The number of rotatable bonds is 3. The second kappa shape index (κ2) is 5.16. The summed E-state index contributed by atoms with van der Waals surface area (Å²) in [6, 6.07) is 8.06. The van der Waals surface area contributed by atoms with Crippen molar-refractivity contribution in [2.24, 2.45) is 22.1 Å². The third-order valence-electron chi connectivity index (χ3n) is 5.60. The Morgan fingerprint density at radius 3 is 3.05 bits per heavy atom. The molecule has 0 amide bonds. The van der Waals surface area contributed by atoms with Crippen LogP contribution < -0.4 is 15.8 Å². The first-order chi connectivity index (χ1) is 10.7. The van der Waals surface area contributed by atoms with Crippen molar-refractivity contribution in [2.45, 2.75) is 37.8 Å². The minimum Gasteiger partial charge on any atom is -0.497 e. The lowest BCUT2D eigenvalue weighted by molar-refractivity contribution is -0.164. The van der Waals surface area contributed by atoms with E-state index < -0.39 is 0 Å². The second-order valence-electron chi connectivity index (χ2n) is 6.65. The van der Waals surface area contributed by atoms with Gasteiger partial charge >= 0.3 is 0 Å². The minimum absolute atomic E-state index is 0.280. The van der Waals surface area contributed by atoms with Gasteiger partial charge in [-0.15, -0.1) is 0 Å². The van der Waals surface area contributed by atoms with E-state index >= 15 is 0 Å². The van der Waals surface area contributed by atoms with Gasteiger partial charge < -0.3 is 20.5 Å². The number of benzene rings is 1. The first-order valence-corrected chi connectivity index (χ1v) is 8.09. The van der Waals surface area contributed by atoms with Gasteiger partial charge in [-0.1, -0.05) is 12.5 Å². The molecule has 2 saturated carbocycles. The molecular weight excluding hydrogens is 278 g/mol. The molecule has 0 radical (unpaired) electrons. The van der Waals surface area contributed by atoms with Crippen LogP contribution in [0, 0.1) is 11.3 Å². The number of hydrogen-bond acceptors (Lipinski definition) is 3. The predicted octanol–water partition coefficient (Wildman–Crippen LogP) is 2.38. The molecule has 3 unspecified atom stereocenters. The fourth-order valence-corrected chi connectivity index (χ4v) is 4.42. The predicted molar refractivity (Wildman–Crippen MR) is 86.2 cm³/mol. The normalized spacial score (nSPS) is 32.0. The van der Waals surface area contributed by atoms with Crippen molar-refractivity contribution in [2.75, 3.05) is 19.0 Å². The summed E-state index contributed by atoms with van der Waals surface area (Å²) in [5, 5.41) is 3.19. The highest BCUT2D eigenvalue weighted by Gasteiger charge is 2.66. The molecule has 3 aliphatic rings. The standard InChI is InChI=1S/C17H23N3O2/c1-21-12-5-2-4-11(10-12)19-16(18)20-14-13-6-9-22-15(13)17(14)7-3-8-17/h2,4-5,10,13-15H,3,6-9H2,1H3,(H3,18,19,20). The molecule has 0 aromatic heterocycles. The molecule has 1 saturated heterocycles. The lowest BCUT2D eigenvalue weighted by Crippen LogP contribution is -2.65. The molecule has 1 heterocycles. The highest BCUT2D eigenvalue weighted by Crippen LogP contribution is 2.64. The zero-order chi connectivity index (χ0) is 15.2. The van der Waals surface area contributed by atoms with E-state index in [9.17, 15) is 0 Å². The quantitative estimate of drug-likeness (QED) is 0.664. The zero-order valence-corrected chi connectivity index (χ0v) is 12.9. The maximum atomic E-state index is 6.15. The van der Waals surface area contributed by atoms with Crippen LogP contribution in [0.15, 0.2) is 29.3 Å². The van der Waals surface area contributed by atoms with Crippen molar-refractivity contribution in [3.05, 3.63) is 24.3 Å². The van der Waals surface area contributed by atoms with Crippen LogP contribution in [0.3, 0.4) is 0 Å². The number of nitrogens with one attached hydrogen (secondary N) is 1. The van der Waals surface area contributed by atoms with Crippen LogP contribution in [-0.4, -0.2) is 31.8 Å². The van der Waals surface area contributed by atoms with Crippen molar-refractivity contribution < 1.29 is 9.47 Å². The lowest BCUT2D eigenvalue weighted by atomic mass is 9.46. The Morgan fingerprint density at radius 2 is 2.32 bits per heavy atom. The Balaban J connectivity index is 1.49. The molecule has 3 fully saturated rings. The molecule has 1 spiro atoms. The van der Waals surface area contributed by atoms with Crippen LogP contribution >= 0.6 is 0 Å². The highest BCUT2D eigenvalue weighted by atomic mass is 16.5. The SMILES string of the molecule is COc1cccc(NC(N)=NC2C3CCOC3C23CCC3)c1. The molecule has 1 aliphatic heterocycles. The van der Waals surface area contributed by atoms with Gasteiger partial charge in [0.2, 0.25) is 0 Å². The van der Waals surface area contributed by atoms with Gasteiger partial charge in [-0.2, -0.15) is 0 Å². The summed E-state index contributed by atoms with van der Waals surface area (Å²) in [6.45, 7) is 0.881. The Morgan fingerprint density at radius 1 is 1.45 bits per heavy atom. The van der Waals surface area contributed by atoms with Gasteiger partial charge in [-0.25, -0.2) is 4.99 Å². The summed E-state index contributed by atoms with van der Waals surface area (Å²) in [6.07, 6.45) is 5.30. The lowest BCUT2D eigenvalue weighted by Gasteiger charge is -2.61. The van der Waals surface area contributed by atoms with Crippen LogP contribution in [0.1, 0.15) is 25.7 Å². The zero-order valence-electron chi connectivity index (χ0n) is 12.9. The summed E-state index contributed by atoms with van der Waals surface area (Å²) < 4.78 is 11.2. The van der Waals surface area contributed by atoms with Gasteiger partial charge in [0.1, 0.15) is 5.75 Å². The van der Waals surface area contributed by atoms with E-state index in [-0.39, 0.29) is 5.41 Å². The van der Waals surface area contributed by atoms with Crippen LogP contribution in [0.5, 0.6) is 5.75 Å². The number of aliphatic imine (C=N–C) groups is 1. The van der Waals surface area contributed by atoms with E-state index in [1.807, 2.05) is 24.3 Å². The molecule has 1 aromatic rings. The molecule has 3 atom stereocenters. The van der Waals surface area contributed by atoms with Gasteiger partial charge in [0.05, 0.1) is 19.3 Å². The highest BCUT2D eigenvalue weighted by molar-refractivity contribution is 5.92. The van der Waals surface area contributed by atoms with Crippen molar-refractivity contribution >= 4 is 11.6 Å². The summed E-state index contributed by atoms with van der Waals surface area (Å²) in [7, 11) is 1.66. The number of anilines is 1. The van der Waals surface area contributed by atoms with Crippen LogP contribution in [-0.2, 0) is 4.74 Å². The number of methoxy groups -OCH3 is 1. The minimum atomic E-state index is 0.280. The average Bonchev–Trinajstić information content (AvgIpc) is 2.89. The molecule has 3 N–H and O–H groups in total. The molecule has 0 bridgehead atoms. The van der Waals surface area contributed by atoms with E-state index in [2.05, 4.69) is 5.32 Å². The van der Waals surface area contributed by atoms with Gasteiger partial charge in [-0.05, 0) is 31.4 Å². The maximum Gasteiger partial charge on any atom is 0.193 e. The van der Waals surface area contributed by atoms with Crippen LogP contribution in [0.25, 0.3) is 0 Å². The Labute approximate surface area is 130 Å². The molecule has 1 aromatic carbocycles. The largest absolute Gasteiger partial charge is 0.497 e. The summed E-state index contributed by atoms with van der Waals surface area (Å²) in [5.41, 5.74) is 7.33. The summed E-state index contributed by atoms with van der Waals surface area (Å²) in [5.74, 6) is 1.86. The van der Waals surface area contributed by atoms with E-state index in [0.717, 1.165) is 24.5 Å². The Bertz CT molecular complexity index is 597. The van der Waals surface area contributed by atoms with Gasteiger partial charge in [0.15, 0.2) is 5.96 Å². The first kappa shape index (κ1) is 13.9. The summed E-state index contributed by atoms with van der Waals surface area (Å²) >= 11 is 0. The second-order valence-corrected chi connectivity index (χ2v) is 6.65. The molecule has 22 heavy (non-hydrogen) atoms. The third kappa shape index (κ3) is 1.99. The third-order valence-corrected chi connectivity index (χ3v) is 5.60. The average molecular weight is 301 g/mol. The van der Waals surface area contributed by atoms with Gasteiger partial charge in [0.25, 0.3) is 0 Å². The number of nitrogens with zero attached hydrogens (tertiary/aromatic N) is 1. The molecular formula is C17H23N3O2. The number of guanidine groups is 1. The van der Waals surface area contributed by atoms with E-state index in [1.54, 1.807) is 7.11 Å². The van der Waals surface area contributed by atoms with E-state index in [4.69, 9.17) is 20.2 Å². The van der Waals surface area contributed by atoms with Gasteiger partial charge in [-0.3, -0.25) is 0 Å². The Hall–Kier alpha value is -1.75. The number of fused-ring (bicyclic) bond motifs is 2. The monoisotopic (exact) mass is 301 g/mol. The smallest absolute Gasteiger partial charge is 0.193 e. The fourth-order valence-electron chi connectivity index (χ4n) is 4.42. The Kier molecular flexibility index (Phi) is 3.26. The molecule has 4 rings (SSSR count). The molecule has 118 valence electrons. The summed E-state index contributed by atoms with van der Waals surface area (Å²) in [4.78, 5) is 4.81. The van der Waals surface area contributed by atoms with Crippen molar-refractivity contribution in [3.8, 4) is 5.75 Å². The topological polar surface area (TPSA) is 68.9 Å². The van der Waals surface area contributed by atoms with E-state index in [0.29, 0.717) is 24.0 Å². The number of hydrogen-bond donors (Lipinski definition) is 2. The van der Waals surface area contributed by atoms with E-state index in [1.165, 1.54) is 19.3 Å². The van der Waals surface area contributed by atoms with Crippen molar-refractivity contribution in [1.29, 1.82) is 0 Å². The molecule has 5 nitrogen and oxygen atoms in total.